The van der Waals surface area contributed by atoms with Crippen LogP contribution in [-0.4, -0.2) is 20.4 Å². The van der Waals surface area contributed by atoms with Crippen LogP contribution in [0.15, 0.2) is 29.4 Å². The number of ether oxygens (including phenoxy) is 1. The van der Waals surface area contributed by atoms with Crippen molar-refractivity contribution in [2.45, 2.75) is 13.3 Å². The van der Waals surface area contributed by atoms with Crippen molar-refractivity contribution in [3.05, 3.63) is 29.8 Å². The van der Waals surface area contributed by atoms with Gasteiger partial charge in [-0.3, -0.25) is 0 Å². The first-order valence-corrected chi connectivity index (χ1v) is 4.96. The lowest BCUT2D eigenvalue weighted by Crippen LogP contribution is -2.01. The number of hydrogen-bond acceptors (Lipinski definition) is 3. The summed E-state index contributed by atoms with van der Waals surface area (Å²) < 4.78 is 5.09. The van der Waals surface area contributed by atoms with Crippen LogP contribution in [0.25, 0.3) is 0 Å². The van der Waals surface area contributed by atoms with E-state index in [2.05, 4.69) is 29.0 Å². The lowest BCUT2D eigenvalue weighted by atomic mass is 10.0. The summed E-state index contributed by atoms with van der Waals surface area (Å²) in [6.07, 6.45) is 2.76. The molecule has 0 aliphatic rings. The summed E-state index contributed by atoms with van der Waals surface area (Å²) in [5, 5.41) is 3.75. The van der Waals surface area contributed by atoms with Crippen LogP contribution in [0.3, 0.4) is 0 Å². The van der Waals surface area contributed by atoms with Crippen molar-refractivity contribution in [2.75, 3.05) is 14.2 Å². The molecule has 1 unspecified atom stereocenters. The molecule has 1 aromatic carbocycles. The predicted molar refractivity (Wildman–Crippen MR) is 61.4 cm³/mol. The Balaban J connectivity index is 2.53. The van der Waals surface area contributed by atoms with Gasteiger partial charge in [0.1, 0.15) is 12.9 Å². The maximum atomic E-state index is 5.09. The highest BCUT2D eigenvalue weighted by Gasteiger charge is 2.01. The highest BCUT2D eigenvalue weighted by atomic mass is 16.6. The van der Waals surface area contributed by atoms with Crippen LogP contribution in [0.5, 0.6) is 5.75 Å². The third-order valence-electron chi connectivity index (χ3n) is 2.14. The van der Waals surface area contributed by atoms with Crippen molar-refractivity contribution in [3.63, 3.8) is 0 Å². The number of rotatable bonds is 5. The molecule has 0 bridgehead atoms. The van der Waals surface area contributed by atoms with Gasteiger partial charge in [-0.1, -0.05) is 24.2 Å². The summed E-state index contributed by atoms with van der Waals surface area (Å²) >= 11 is 0. The molecule has 0 aliphatic carbocycles. The van der Waals surface area contributed by atoms with Crippen molar-refractivity contribution < 1.29 is 9.57 Å². The van der Waals surface area contributed by atoms with Gasteiger partial charge in [-0.2, -0.15) is 0 Å². The monoisotopic (exact) mass is 207 g/mol. The van der Waals surface area contributed by atoms with Crippen LogP contribution in [0.4, 0.5) is 0 Å². The maximum absolute atomic E-state index is 5.09. The Morgan fingerprint density at radius 1 is 1.27 bits per heavy atom. The first kappa shape index (κ1) is 11.6. The van der Waals surface area contributed by atoms with E-state index in [4.69, 9.17) is 4.74 Å². The minimum absolute atomic E-state index is 0.373. The van der Waals surface area contributed by atoms with Crippen LogP contribution in [0, 0.1) is 5.92 Å². The van der Waals surface area contributed by atoms with E-state index in [9.17, 15) is 0 Å². The number of hydrogen-bond donors (Lipinski definition) is 0. The SMILES string of the molecule is CON=CC(C)Cc1ccc(OC)cc1. The number of oxime groups is 1. The number of benzene rings is 1. The van der Waals surface area contributed by atoms with E-state index in [-0.39, 0.29) is 0 Å². The van der Waals surface area contributed by atoms with Crippen molar-refractivity contribution >= 4 is 6.21 Å². The zero-order valence-corrected chi connectivity index (χ0v) is 9.43. The van der Waals surface area contributed by atoms with Crippen molar-refractivity contribution in [1.82, 2.24) is 0 Å². The molecule has 0 amide bonds. The molecule has 82 valence electrons. The van der Waals surface area contributed by atoms with Crippen molar-refractivity contribution in [1.29, 1.82) is 0 Å². The Kier molecular flexibility index (Phi) is 4.68. The molecule has 0 radical (unpaired) electrons. The maximum Gasteiger partial charge on any atom is 0.118 e. The van der Waals surface area contributed by atoms with E-state index in [1.54, 1.807) is 14.2 Å². The second-order valence-electron chi connectivity index (χ2n) is 3.47. The fraction of sp³-hybridized carbons (Fsp3) is 0.417. The molecule has 0 saturated heterocycles. The van der Waals surface area contributed by atoms with Crippen molar-refractivity contribution in [2.24, 2.45) is 11.1 Å². The van der Waals surface area contributed by atoms with Crippen LogP contribution in [0.2, 0.25) is 0 Å². The summed E-state index contributed by atoms with van der Waals surface area (Å²) in [5.41, 5.74) is 1.27. The average Bonchev–Trinajstić information content (AvgIpc) is 2.27. The molecular weight excluding hydrogens is 190 g/mol. The minimum atomic E-state index is 0.373. The van der Waals surface area contributed by atoms with E-state index >= 15 is 0 Å². The molecule has 0 N–H and O–H groups in total. The molecule has 0 saturated carbocycles. The smallest absolute Gasteiger partial charge is 0.118 e. The Bertz CT molecular complexity index is 306. The third kappa shape index (κ3) is 4.02. The quantitative estimate of drug-likeness (QED) is 0.548. The van der Waals surface area contributed by atoms with Gasteiger partial charge in [0.25, 0.3) is 0 Å². The Labute approximate surface area is 90.7 Å². The fourth-order valence-electron chi connectivity index (χ4n) is 1.35. The first-order chi connectivity index (χ1) is 7.26. The standard InChI is InChI=1S/C12H17NO2/c1-10(9-13-15-3)8-11-4-6-12(14-2)7-5-11/h4-7,9-10H,8H2,1-3H3. The van der Waals surface area contributed by atoms with Gasteiger partial charge in [-0.15, -0.1) is 0 Å². The van der Waals surface area contributed by atoms with Gasteiger partial charge >= 0.3 is 0 Å². The lowest BCUT2D eigenvalue weighted by molar-refractivity contribution is 0.213. The van der Waals surface area contributed by atoms with E-state index in [0.717, 1.165) is 12.2 Å². The van der Waals surface area contributed by atoms with Gasteiger partial charge in [0.2, 0.25) is 0 Å². The van der Waals surface area contributed by atoms with Gasteiger partial charge in [0.15, 0.2) is 0 Å². The second-order valence-corrected chi connectivity index (χ2v) is 3.47. The lowest BCUT2D eigenvalue weighted by Gasteiger charge is -2.06. The topological polar surface area (TPSA) is 30.8 Å². The molecule has 0 spiro atoms. The Morgan fingerprint density at radius 3 is 2.47 bits per heavy atom. The van der Waals surface area contributed by atoms with Gasteiger partial charge in [-0.25, -0.2) is 0 Å². The van der Waals surface area contributed by atoms with Gasteiger partial charge in [-0.05, 0) is 30.0 Å². The molecule has 1 atom stereocenters. The van der Waals surface area contributed by atoms with Crippen LogP contribution in [-0.2, 0) is 11.3 Å². The summed E-state index contributed by atoms with van der Waals surface area (Å²) in [5.74, 6) is 1.26. The van der Waals surface area contributed by atoms with Gasteiger partial charge < -0.3 is 9.57 Å². The van der Waals surface area contributed by atoms with Crippen LogP contribution >= 0.6 is 0 Å². The largest absolute Gasteiger partial charge is 0.497 e. The Morgan fingerprint density at radius 2 is 1.93 bits per heavy atom. The minimum Gasteiger partial charge on any atom is -0.497 e. The van der Waals surface area contributed by atoms with E-state index in [1.165, 1.54) is 5.56 Å². The number of nitrogens with zero attached hydrogens (tertiary/aromatic N) is 1. The summed E-state index contributed by atoms with van der Waals surface area (Å²) in [6.45, 7) is 2.10. The van der Waals surface area contributed by atoms with E-state index < -0.39 is 0 Å². The zero-order valence-electron chi connectivity index (χ0n) is 9.43. The molecule has 3 nitrogen and oxygen atoms in total. The highest BCUT2D eigenvalue weighted by molar-refractivity contribution is 5.60. The average molecular weight is 207 g/mol. The fourth-order valence-corrected chi connectivity index (χ4v) is 1.35. The summed E-state index contributed by atoms with van der Waals surface area (Å²) in [6, 6.07) is 8.07. The van der Waals surface area contributed by atoms with Gasteiger partial charge in [0, 0.05) is 6.21 Å². The van der Waals surface area contributed by atoms with E-state index in [1.807, 2.05) is 18.3 Å². The molecule has 0 aliphatic heterocycles. The van der Waals surface area contributed by atoms with Crippen LogP contribution < -0.4 is 4.74 Å². The highest BCUT2D eigenvalue weighted by Crippen LogP contribution is 2.13. The molecular formula is C12H17NO2. The summed E-state index contributed by atoms with van der Waals surface area (Å²) in [7, 11) is 3.22. The third-order valence-corrected chi connectivity index (χ3v) is 2.14. The first-order valence-electron chi connectivity index (χ1n) is 4.96. The Hall–Kier alpha value is -1.51. The molecule has 1 rings (SSSR count). The number of methoxy groups -OCH3 is 1. The van der Waals surface area contributed by atoms with Crippen molar-refractivity contribution in [3.8, 4) is 5.75 Å². The molecule has 15 heavy (non-hydrogen) atoms. The normalized spacial score (nSPS) is 12.7. The molecule has 0 aromatic heterocycles. The van der Waals surface area contributed by atoms with Gasteiger partial charge in [0.05, 0.1) is 7.11 Å². The molecule has 0 fully saturated rings. The molecule has 0 heterocycles. The zero-order chi connectivity index (χ0) is 11.1. The van der Waals surface area contributed by atoms with E-state index in [0.29, 0.717) is 5.92 Å². The second kappa shape index (κ2) is 6.06. The molecule has 3 heteroatoms. The predicted octanol–water partition coefficient (Wildman–Crippen LogP) is 2.51. The summed E-state index contributed by atoms with van der Waals surface area (Å²) in [4.78, 5) is 4.64. The molecule has 1 aromatic rings. The van der Waals surface area contributed by atoms with Crippen LogP contribution in [0.1, 0.15) is 12.5 Å².